The molecule has 0 heterocycles. The zero-order valence-corrected chi connectivity index (χ0v) is 12.4. The quantitative estimate of drug-likeness (QED) is 0.878. The van der Waals surface area contributed by atoms with E-state index in [-0.39, 0.29) is 24.4 Å². The number of benzene rings is 1. The van der Waals surface area contributed by atoms with E-state index in [1.165, 1.54) is 0 Å². The molecular formula is C12H17Cl3N2O. The Hall–Kier alpha value is -0.480. The standard InChI is InChI=1S/C12H16Cl2N2O.ClH/c1-8(16-12(17)4-5-15)6-9-2-3-10(13)7-11(9)14;/h2-3,7-8H,4-6,15H2,1H3,(H,16,17);1H. The minimum Gasteiger partial charge on any atom is -0.353 e. The molecule has 3 N–H and O–H groups in total. The van der Waals surface area contributed by atoms with Gasteiger partial charge in [0.1, 0.15) is 0 Å². The number of halogens is 3. The van der Waals surface area contributed by atoms with Crippen molar-refractivity contribution in [3.05, 3.63) is 33.8 Å². The SMILES string of the molecule is CC(Cc1ccc(Cl)cc1Cl)NC(=O)CCN.Cl. The highest BCUT2D eigenvalue weighted by atomic mass is 35.5. The van der Waals surface area contributed by atoms with Crippen LogP contribution in [0.1, 0.15) is 18.9 Å². The lowest BCUT2D eigenvalue weighted by Crippen LogP contribution is -2.35. The predicted octanol–water partition coefficient (Wildman–Crippen LogP) is 2.81. The molecule has 0 fully saturated rings. The van der Waals surface area contributed by atoms with Gasteiger partial charge in [0, 0.05) is 29.1 Å². The van der Waals surface area contributed by atoms with Crippen LogP contribution in [0.2, 0.25) is 10.0 Å². The van der Waals surface area contributed by atoms with Crippen LogP contribution >= 0.6 is 35.6 Å². The van der Waals surface area contributed by atoms with Gasteiger partial charge in [0.05, 0.1) is 0 Å². The van der Waals surface area contributed by atoms with Crippen molar-refractivity contribution in [2.45, 2.75) is 25.8 Å². The van der Waals surface area contributed by atoms with Gasteiger partial charge in [0.25, 0.3) is 0 Å². The van der Waals surface area contributed by atoms with Crippen molar-refractivity contribution in [3.8, 4) is 0 Å². The van der Waals surface area contributed by atoms with Crippen LogP contribution in [0, 0.1) is 0 Å². The van der Waals surface area contributed by atoms with E-state index in [9.17, 15) is 4.79 Å². The van der Waals surface area contributed by atoms with Gasteiger partial charge in [0.15, 0.2) is 0 Å². The molecule has 18 heavy (non-hydrogen) atoms. The van der Waals surface area contributed by atoms with Crippen LogP contribution < -0.4 is 11.1 Å². The van der Waals surface area contributed by atoms with Crippen LogP contribution in [-0.4, -0.2) is 18.5 Å². The largest absolute Gasteiger partial charge is 0.353 e. The van der Waals surface area contributed by atoms with Crippen LogP contribution in [0.4, 0.5) is 0 Å². The maximum absolute atomic E-state index is 11.3. The van der Waals surface area contributed by atoms with Crippen molar-refractivity contribution in [3.63, 3.8) is 0 Å². The molecular weight excluding hydrogens is 295 g/mol. The minimum absolute atomic E-state index is 0. The number of nitrogens with two attached hydrogens (primary N) is 1. The molecule has 0 saturated heterocycles. The van der Waals surface area contributed by atoms with E-state index in [0.717, 1.165) is 5.56 Å². The summed E-state index contributed by atoms with van der Waals surface area (Å²) in [5.74, 6) is -0.0370. The maximum Gasteiger partial charge on any atom is 0.221 e. The second-order valence-electron chi connectivity index (χ2n) is 3.95. The first kappa shape index (κ1) is 17.5. The molecule has 0 aromatic heterocycles. The summed E-state index contributed by atoms with van der Waals surface area (Å²) in [6.07, 6.45) is 1.02. The van der Waals surface area contributed by atoms with Crippen molar-refractivity contribution in [2.24, 2.45) is 5.73 Å². The third-order valence-electron chi connectivity index (χ3n) is 2.32. The summed E-state index contributed by atoms with van der Waals surface area (Å²) in [5.41, 5.74) is 6.27. The van der Waals surface area contributed by atoms with Gasteiger partial charge in [0.2, 0.25) is 5.91 Å². The van der Waals surface area contributed by atoms with Gasteiger partial charge in [-0.25, -0.2) is 0 Å². The van der Waals surface area contributed by atoms with Crippen LogP contribution in [-0.2, 0) is 11.2 Å². The Kier molecular flexibility index (Phi) is 8.36. The van der Waals surface area contributed by atoms with Gasteiger partial charge >= 0.3 is 0 Å². The fourth-order valence-electron chi connectivity index (χ4n) is 1.55. The van der Waals surface area contributed by atoms with E-state index in [0.29, 0.717) is 29.4 Å². The molecule has 0 aliphatic rings. The number of rotatable bonds is 5. The highest BCUT2D eigenvalue weighted by Gasteiger charge is 2.09. The summed E-state index contributed by atoms with van der Waals surface area (Å²) >= 11 is 11.9. The van der Waals surface area contributed by atoms with Gasteiger partial charge in [-0.2, -0.15) is 0 Å². The zero-order chi connectivity index (χ0) is 12.8. The Morgan fingerprint density at radius 2 is 2.11 bits per heavy atom. The Morgan fingerprint density at radius 3 is 2.67 bits per heavy atom. The van der Waals surface area contributed by atoms with E-state index in [2.05, 4.69) is 5.32 Å². The maximum atomic E-state index is 11.3. The molecule has 1 amide bonds. The molecule has 1 unspecified atom stereocenters. The minimum atomic E-state index is -0.0370. The molecule has 1 aromatic carbocycles. The highest BCUT2D eigenvalue weighted by molar-refractivity contribution is 6.35. The lowest BCUT2D eigenvalue weighted by atomic mass is 10.1. The van der Waals surface area contributed by atoms with Crippen molar-refractivity contribution < 1.29 is 4.79 Å². The number of nitrogens with one attached hydrogen (secondary N) is 1. The van der Waals surface area contributed by atoms with E-state index < -0.39 is 0 Å². The Morgan fingerprint density at radius 1 is 1.44 bits per heavy atom. The Labute approximate surface area is 123 Å². The first-order chi connectivity index (χ1) is 8.02. The Balaban J connectivity index is 0.00000289. The van der Waals surface area contributed by atoms with E-state index in [1.807, 2.05) is 13.0 Å². The number of hydrogen-bond donors (Lipinski definition) is 2. The summed E-state index contributed by atoms with van der Waals surface area (Å²) in [5, 5.41) is 4.09. The van der Waals surface area contributed by atoms with Crippen LogP contribution in [0.3, 0.4) is 0 Å². The number of carbonyl (C=O) groups is 1. The monoisotopic (exact) mass is 310 g/mol. The normalized spacial score (nSPS) is 11.6. The lowest BCUT2D eigenvalue weighted by molar-refractivity contribution is -0.121. The van der Waals surface area contributed by atoms with Gasteiger partial charge < -0.3 is 11.1 Å². The molecule has 1 atom stereocenters. The van der Waals surface area contributed by atoms with Crippen LogP contribution in [0.5, 0.6) is 0 Å². The first-order valence-corrected chi connectivity index (χ1v) is 6.22. The van der Waals surface area contributed by atoms with E-state index >= 15 is 0 Å². The van der Waals surface area contributed by atoms with E-state index in [4.69, 9.17) is 28.9 Å². The van der Waals surface area contributed by atoms with E-state index in [1.54, 1.807) is 12.1 Å². The third kappa shape index (κ3) is 5.91. The van der Waals surface area contributed by atoms with Crippen LogP contribution in [0.15, 0.2) is 18.2 Å². The molecule has 0 spiro atoms. The van der Waals surface area contributed by atoms with Gasteiger partial charge in [-0.1, -0.05) is 29.3 Å². The molecule has 1 rings (SSSR count). The lowest BCUT2D eigenvalue weighted by Gasteiger charge is -2.14. The van der Waals surface area contributed by atoms with Crippen molar-refractivity contribution in [2.75, 3.05) is 6.54 Å². The predicted molar refractivity (Wildman–Crippen MR) is 78.7 cm³/mol. The van der Waals surface area contributed by atoms with Crippen LogP contribution in [0.25, 0.3) is 0 Å². The molecule has 0 bridgehead atoms. The van der Waals surface area contributed by atoms with Crippen molar-refractivity contribution in [1.29, 1.82) is 0 Å². The summed E-state index contributed by atoms with van der Waals surface area (Å²) in [4.78, 5) is 11.3. The topological polar surface area (TPSA) is 55.1 Å². The van der Waals surface area contributed by atoms with Gasteiger partial charge in [-0.05, 0) is 31.0 Å². The molecule has 6 heteroatoms. The third-order valence-corrected chi connectivity index (χ3v) is 2.91. The number of hydrogen-bond acceptors (Lipinski definition) is 2. The molecule has 0 saturated carbocycles. The summed E-state index contributed by atoms with van der Waals surface area (Å²) in [7, 11) is 0. The summed E-state index contributed by atoms with van der Waals surface area (Å²) in [6.45, 7) is 2.29. The number of carbonyl (C=O) groups excluding carboxylic acids is 1. The Bertz CT molecular complexity index is 399. The zero-order valence-electron chi connectivity index (χ0n) is 10.1. The molecule has 0 aliphatic carbocycles. The average Bonchev–Trinajstić information content (AvgIpc) is 2.22. The first-order valence-electron chi connectivity index (χ1n) is 5.46. The molecule has 0 radical (unpaired) electrons. The second-order valence-corrected chi connectivity index (χ2v) is 4.79. The molecule has 0 aliphatic heterocycles. The molecule has 102 valence electrons. The highest BCUT2D eigenvalue weighted by Crippen LogP contribution is 2.22. The second kappa shape index (κ2) is 8.59. The summed E-state index contributed by atoms with van der Waals surface area (Å²) in [6, 6.07) is 5.38. The average molecular weight is 312 g/mol. The fourth-order valence-corrected chi connectivity index (χ4v) is 2.03. The van der Waals surface area contributed by atoms with Crippen molar-refractivity contribution >= 4 is 41.5 Å². The van der Waals surface area contributed by atoms with Gasteiger partial charge in [-0.15, -0.1) is 12.4 Å². The molecule has 1 aromatic rings. The molecule has 3 nitrogen and oxygen atoms in total. The van der Waals surface area contributed by atoms with Crippen molar-refractivity contribution in [1.82, 2.24) is 5.32 Å². The van der Waals surface area contributed by atoms with Gasteiger partial charge in [-0.3, -0.25) is 4.79 Å². The fraction of sp³-hybridized carbons (Fsp3) is 0.417. The number of amides is 1. The summed E-state index contributed by atoms with van der Waals surface area (Å²) < 4.78 is 0. The smallest absolute Gasteiger partial charge is 0.221 e.